The van der Waals surface area contributed by atoms with Gasteiger partial charge in [0.05, 0.1) is 0 Å². The second-order valence-corrected chi connectivity index (χ2v) is 4.67. The largest absolute Gasteiger partial charge is 0.382 e. The number of hydrogen-bond donors (Lipinski definition) is 1. The van der Waals surface area contributed by atoms with Crippen molar-refractivity contribution in [1.82, 2.24) is 15.2 Å². The molecule has 20 heavy (non-hydrogen) atoms. The molecule has 0 unspecified atom stereocenters. The lowest BCUT2D eigenvalue weighted by Crippen LogP contribution is -2.32. The standard InChI is InChI=1S/C14H17N3O2S/c1-2-19-8-4-7-17-13(18)12(16-14(17)20)9-11-5-3-6-15-10-11/h3,5-6,9-10H,2,4,7-8H2,1H3,(H,16,20). The quantitative estimate of drug-likeness (QED) is 0.490. The SMILES string of the molecule is CCOCCCN1C(=O)C(=Cc2cccnc2)NC1=S. The molecule has 1 aromatic rings. The maximum atomic E-state index is 12.2. The lowest BCUT2D eigenvalue weighted by atomic mass is 10.2. The van der Waals surface area contributed by atoms with Crippen LogP contribution in [0.2, 0.25) is 0 Å². The highest BCUT2D eigenvalue weighted by Gasteiger charge is 2.29. The van der Waals surface area contributed by atoms with Crippen LogP contribution in [0.1, 0.15) is 18.9 Å². The van der Waals surface area contributed by atoms with Crippen molar-refractivity contribution >= 4 is 29.3 Å². The second kappa shape index (κ2) is 7.12. The fraction of sp³-hybridized carbons (Fsp3) is 0.357. The predicted molar refractivity (Wildman–Crippen MR) is 80.8 cm³/mol. The maximum Gasteiger partial charge on any atom is 0.276 e. The number of carbonyl (C=O) groups excluding carboxylic acids is 1. The number of nitrogens with one attached hydrogen (secondary N) is 1. The summed E-state index contributed by atoms with van der Waals surface area (Å²) < 4.78 is 5.26. The smallest absolute Gasteiger partial charge is 0.276 e. The molecule has 1 N–H and O–H groups in total. The molecule has 1 fully saturated rings. The number of carbonyl (C=O) groups is 1. The molecule has 0 aliphatic carbocycles. The van der Waals surface area contributed by atoms with Gasteiger partial charge >= 0.3 is 0 Å². The van der Waals surface area contributed by atoms with Gasteiger partial charge in [-0.1, -0.05) is 6.07 Å². The third kappa shape index (κ3) is 3.61. The van der Waals surface area contributed by atoms with Crippen molar-refractivity contribution in [2.75, 3.05) is 19.8 Å². The van der Waals surface area contributed by atoms with Crippen LogP contribution in [0.3, 0.4) is 0 Å². The Morgan fingerprint density at radius 3 is 3.10 bits per heavy atom. The number of ether oxygens (including phenoxy) is 1. The minimum Gasteiger partial charge on any atom is -0.382 e. The molecule has 0 atom stereocenters. The highest BCUT2D eigenvalue weighted by Crippen LogP contribution is 2.14. The van der Waals surface area contributed by atoms with Crippen molar-refractivity contribution in [2.45, 2.75) is 13.3 Å². The molecule has 1 aliphatic heterocycles. The van der Waals surface area contributed by atoms with E-state index in [9.17, 15) is 4.79 Å². The molecule has 106 valence electrons. The van der Waals surface area contributed by atoms with E-state index < -0.39 is 0 Å². The summed E-state index contributed by atoms with van der Waals surface area (Å²) in [6.45, 7) is 3.82. The molecule has 0 radical (unpaired) electrons. The highest BCUT2D eigenvalue weighted by atomic mass is 32.1. The van der Waals surface area contributed by atoms with Gasteiger partial charge in [-0.2, -0.15) is 0 Å². The zero-order valence-corrected chi connectivity index (χ0v) is 12.2. The van der Waals surface area contributed by atoms with E-state index in [1.807, 2.05) is 19.1 Å². The Kier molecular flexibility index (Phi) is 5.20. The second-order valence-electron chi connectivity index (χ2n) is 4.28. The van der Waals surface area contributed by atoms with Crippen molar-refractivity contribution in [3.8, 4) is 0 Å². The van der Waals surface area contributed by atoms with Crippen molar-refractivity contribution in [3.05, 3.63) is 35.8 Å². The fourth-order valence-corrected chi connectivity index (χ4v) is 2.16. The van der Waals surface area contributed by atoms with Gasteiger partial charge in [0.1, 0.15) is 5.70 Å². The number of nitrogens with zero attached hydrogens (tertiary/aromatic N) is 2. The molecule has 0 aromatic carbocycles. The molecule has 1 aromatic heterocycles. The van der Waals surface area contributed by atoms with Crippen molar-refractivity contribution in [1.29, 1.82) is 0 Å². The van der Waals surface area contributed by atoms with E-state index in [-0.39, 0.29) is 5.91 Å². The third-order valence-electron chi connectivity index (χ3n) is 2.83. The van der Waals surface area contributed by atoms with Crippen molar-refractivity contribution in [3.63, 3.8) is 0 Å². The van der Waals surface area contributed by atoms with Gasteiger partial charge in [-0.05, 0) is 43.3 Å². The van der Waals surface area contributed by atoms with E-state index in [0.717, 1.165) is 12.0 Å². The summed E-state index contributed by atoms with van der Waals surface area (Å²) in [4.78, 5) is 17.8. The normalized spacial score (nSPS) is 16.9. The summed E-state index contributed by atoms with van der Waals surface area (Å²) in [5.41, 5.74) is 1.35. The van der Waals surface area contributed by atoms with E-state index in [4.69, 9.17) is 17.0 Å². The minimum absolute atomic E-state index is 0.102. The summed E-state index contributed by atoms with van der Waals surface area (Å²) >= 11 is 5.19. The van der Waals surface area contributed by atoms with Crippen LogP contribution in [0.5, 0.6) is 0 Å². The third-order valence-corrected chi connectivity index (χ3v) is 3.15. The first-order chi connectivity index (χ1) is 9.72. The number of amides is 1. The van der Waals surface area contributed by atoms with Gasteiger partial charge in [0, 0.05) is 32.2 Å². The number of aromatic nitrogens is 1. The summed E-state index contributed by atoms with van der Waals surface area (Å²) in [7, 11) is 0. The monoisotopic (exact) mass is 291 g/mol. The van der Waals surface area contributed by atoms with Crippen LogP contribution in [0.15, 0.2) is 30.2 Å². The van der Waals surface area contributed by atoms with Gasteiger partial charge in [0.25, 0.3) is 5.91 Å². The predicted octanol–water partition coefficient (Wildman–Crippen LogP) is 1.57. The van der Waals surface area contributed by atoms with Crippen LogP contribution in [0.4, 0.5) is 0 Å². The Labute approximate surface area is 123 Å². The molecule has 6 heteroatoms. The van der Waals surface area contributed by atoms with E-state index in [1.54, 1.807) is 23.4 Å². The molecular formula is C14H17N3O2S. The number of pyridine rings is 1. The molecule has 2 rings (SSSR count). The van der Waals surface area contributed by atoms with E-state index >= 15 is 0 Å². The topological polar surface area (TPSA) is 54.5 Å². The molecule has 1 aliphatic rings. The molecule has 0 bridgehead atoms. The first kappa shape index (κ1) is 14.6. The van der Waals surface area contributed by atoms with Crippen LogP contribution in [0.25, 0.3) is 6.08 Å². The number of thiocarbonyl (C=S) groups is 1. The summed E-state index contributed by atoms with van der Waals surface area (Å²) in [6.07, 6.45) is 5.91. The lowest BCUT2D eigenvalue weighted by Gasteiger charge is -2.13. The molecule has 1 amide bonds. The maximum absolute atomic E-state index is 12.2. The van der Waals surface area contributed by atoms with Gasteiger partial charge in [-0.3, -0.25) is 14.7 Å². The Morgan fingerprint density at radius 2 is 2.40 bits per heavy atom. The minimum atomic E-state index is -0.102. The average molecular weight is 291 g/mol. The Hall–Kier alpha value is -1.79. The molecular weight excluding hydrogens is 274 g/mol. The van der Waals surface area contributed by atoms with Crippen molar-refractivity contribution in [2.24, 2.45) is 0 Å². The zero-order valence-electron chi connectivity index (χ0n) is 11.3. The zero-order chi connectivity index (χ0) is 14.4. The van der Waals surface area contributed by atoms with Gasteiger partial charge in [-0.25, -0.2) is 0 Å². The van der Waals surface area contributed by atoms with Gasteiger partial charge in [-0.15, -0.1) is 0 Å². The highest BCUT2D eigenvalue weighted by molar-refractivity contribution is 7.80. The Bertz CT molecular complexity index is 516. The number of hydrogen-bond acceptors (Lipinski definition) is 4. The van der Waals surface area contributed by atoms with Crippen LogP contribution >= 0.6 is 12.2 Å². The van der Waals surface area contributed by atoms with Crippen LogP contribution in [-0.2, 0) is 9.53 Å². The van der Waals surface area contributed by atoms with Crippen LogP contribution < -0.4 is 5.32 Å². The van der Waals surface area contributed by atoms with E-state index in [2.05, 4.69) is 10.3 Å². The van der Waals surface area contributed by atoms with Gasteiger partial charge < -0.3 is 10.1 Å². The van der Waals surface area contributed by atoms with E-state index in [0.29, 0.717) is 30.6 Å². The van der Waals surface area contributed by atoms with Crippen LogP contribution in [0, 0.1) is 0 Å². The summed E-state index contributed by atoms with van der Waals surface area (Å²) in [5, 5.41) is 3.39. The molecule has 2 heterocycles. The lowest BCUT2D eigenvalue weighted by molar-refractivity contribution is -0.122. The fourth-order valence-electron chi connectivity index (χ4n) is 1.87. The van der Waals surface area contributed by atoms with Crippen LogP contribution in [-0.4, -0.2) is 40.7 Å². The van der Waals surface area contributed by atoms with Gasteiger partial charge in [0.15, 0.2) is 5.11 Å². The average Bonchev–Trinajstić information content (AvgIpc) is 2.72. The first-order valence-corrected chi connectivity index (χ1v) is 6.95. The summed E-state index contributed by atoms with van der Waals surface area (Å²) in [5.74, 6) is -0.102. The molecule has 0 saturated carbocycles. The molecule has 5 nitrogen and oxygen atoms in total. The van der Waals surface area contributed by atoms with Crippen molar-refractivity contribution < 1.29 is 9.53 Å². The van der Waals surface area contributed by atoms with Gasteiger partial charge in [0.2, 0.25) is 0 Å². The molecule has 1 saturated heterocycles. The Morgan fingerprint density at radius 1 is 1.55 bits per heavy atom. The first-order valence-electron chi connectivity index (χ1n) is 6.54. The Balaban J connectivity index is 2.00. The van der Waals surface area contributed by atoms with E-state index in [1.165, 1.54) is 0 Å². The summed E-state index contributed by atoms with van der Waals surface area (Å²) in [6, 6.07) is 3.71. The number of rotatable bonds is 6. The molecule has 0 spiro atoms.